The number of amides is 3. The smallest absolute Gasteiger partial charge is 0.407 e. The Morgan fingerprint density at radius 3 is 2.69 bits per heavy atom. The van der Waals surface area contributed by atoms with Crippen molar-refractivity contribution in [2.45, 2.75) is 45.3 Å². The number of methoxy groups -OCH3 is 1. The molecule has 2 atom stereocenters. The quantitative estimate of drug-likeness (QED) is 0.304. The molecule has 0 spiro atoms. The summed E-state index contributed by atoms with van der Waals surface area (Å²) in [5.41, 5.74) is 0.680. The lowest BCUT2D eigenvalue weighted by molar-refractivity contribution is -0.140. The summed E-state index contributed by atoms with van der Waals surface area (Å²) in [5.74, 6) is -2.43. The third kappa shape index (κ3) is 7.80. The molecule has 0 aromatic carbocycles. The number of ether oxygens (including phenoxy) is 3. The van der Waals surface area contributed by atoms with Crippen LogP contribution in [0, 0.1) is 5.92 Å². The number of fused-ring (bicyclic) bond motifs is 1. The van der Waals surface area contributed by atoms with Gasteiger partial charge in [-0.3, -0.25) is 14.4 Å². The first-order valence-corrected chi connectivity index (χ1v) is 11.0. The minimum Gasteiger partial charge on any atom is -0.447 e. The topological polar surface area (TPSA) is 158 Å². The van der Waals surface area contributed by atoms with Gasteiger partial charge in [-0.25, -0.2) is 4.79 Å². The van der Waals surface area contributed by atoms with Crippen molar-refractivity contribution >= 4 is 35.2 Å². The van der Waals surface area contributed by atoms with Crippen LogP contribution in [-0.4, -0.2) is 78.9 Å². The van der Waals surface area contributed by atoms with Crippen LogP contribution in [-0.2, 0) is 41.6 Å². The number of ketones is 1. The highest BCUT2D eigenvalue weighted by molar-refractivity contribution is 7.05. The number of nitrogens with one attached hydrogen (secondary N) is 3. The number of aromatic nitrogens is 2. The monoisotopic (exact) mass is 471 g/mol. The van der Waals surface area contributed by atoms with Crippen molar-refractivity contribution in [2.75, 3.05) is 33.5 Å². The highest BCUT2D eigenvalue weighted by Gasteiger charge is 2.33. The zero-order valence-electron chi connectivity index (χ0n) is 18.3. The van der Waals surface area contributed by atoms with Gasteiger partial charge in [0.1, 0.15) is 12.6 Å². The zero-order chi connectivity index (χ0) is 23.5. The number of alkyl carbamates (subject to hydrolysis) is 1. The first-order chi connectivity index (χ1) is 15.3. The number of carbonyl (C=O) groups is 4. The molecule has 0 fully saturated rings. The number of nitrogens with zero attached hydrogens (tertiary/aromatic N) is 2. The Bertz CT molecular complexity index is 801. The summed E-state index contributed by atoms with van der Waals surface area (Å²) in [6, 6.07) is -2.01. The lowest BCUT2D eigenvalue weighted by Crippen LogP contribution is -2.55. The van der Waals surface area contributed by atoms with E-state index in [1.807, 2.05) is 0 Å². The second-order valence-electron chi connectivity index (χ2n) is 7.40. The molecule has 1 aromatic heterocycles. The van der Waals surface area contributed by atoms with Crippen molar-refractivity contribution in [2.24, 2.45) is 5.92 Å². The van der Waals surface area contributed by atoms with Crippen LogP contribution < -0.4 is 16.0 Å². The van der Waals surface area contributed by atoms with E-state index in [0.29, 0.717) is 25.3 Å². The van der Waals surface area contributed by atoms with Gasteiger partial charge in [-0.2, -0.15) is 0 Å². The van der Waals surface area contributed by atoms with Crippen molar-refractivity contribution in [3.63, 3.8) is 0 Å². The van der Waals surface area contributed by atoms with Gasteiger partial charge in [0.15, 0.2) is 0 Å². The number of Topliss-reactive ketones (excluding diaryl/α,β-unsaturated/α-hetero) is 1. The van der Waals surface area contributed by atoms with E-state index in [1.165, 1.54) is 0 Å². The fraction of sp³-hybridized carbons (Fsp3) is 0.684. The number of rotatable bonds is 10. The standard InChI is InChI=1S/C19H29N5O7S/c1-11(2)15(22-19(28)31-9-8-30-7-6-29-3)17(26)21-13-5-4-12-14(32-24-23-12)10-20-18(27)16(13)25/h11,13,15H,4-10H2,1-3H3,(H,20,27)(H,21,26)(H,22,28). The third-order valence-corrected chi connectivity index (χ3v) is 5.45. The second kappa shape index (κ2) is 13.0. The summed E-state index contributed by atoms with van der Waals surface area (Å²) in [5, 5.41) is 11.6. The molecule has 0 aliphatic carbocycles. The Hall–Kier alpha value is -2.64. The molecule has 0 bridgehead atoms. The molecule has 13 heteroatoms. The molecule has 0 saturated carbocycles. The van der Waals surface area contributed by atoms with Gasteiger partial charge >= 0.3 is 6.09 Å². The molecule has 2 heterocycles. The number of carbonyl (C=O) groups excluding carboxylic acids is 4. The summed E-state index contributed by atoms with van der Waals surface area (Å²) in [6.07, 6.45) is -0.224. The highest BCUT2D eigenvalue weighted by Crippen LogP contribution is 2.15. The van der Waals surface area contributed by atoms with Gasteiger partial charge in [-0.1, -0.05) is 18.3 Å². The Kier molecular flexibility index (Phi) is 10.4. The summed E-state index contributed by atoms with van der Waals surface area (Å²) in [6.45, 7) is 4.64. The summed E-state index contributed by atoms with van der Waals surface area (Å²) in [7, 11) is 1.55. The Morgan fingerprint density at radius 1 is 1.22 bits per heavy atom. The van der Waals surface area contributed by atoms with E-state index in [2.05, 4.69) is 25.5 Å². The van der Waals surface area contributed by atoms with Crippen molar-refractivity contribution in [1.82, 2.24) is 25.5 Å². The molecule has 0 radical (unpaired) electrons. The van der Waals surface area contributed by atoms with Crippen LogP contribution in [0.25, 0.3) is 0 Å². The maximum atomic E-state index is 12.8. The van der Waals surface area contributed by atoms with E-state index in [0.717, 1.165) is 16.4 Å². The van der Waals surface area contributed by atoms with Gasteiger partial charge in [0.2, 0.25) is 11.7 Å². The maximum Gasteiger partial charge on any atom is 0.407 e. The third-order valence-electron chi connectivity index (χ3n) is 4.69. The van der Waals surface area contributed by atoms with Gasteiger partial charge in [0.25, 0.3) is 5.91 Å². The van der Waals surface area contributed by atoms with Crippen molar-refractivity contribution in [3.8, 4) is 0 Å². The first-order valence-electron chi connectivity index (χ1n) is 10.3. The lowest BCUT2D eigenvalue weighted by Gasteiger charge is -2.24. The molecule has 178 valence electrons. The molecule has 12 nitrogen and oxygen atoms in total. The van der Waals surface area contributed by atoms with Gasteiger partial charge in [-0.05, 0) is 30.3 Å². The highest BCUT2D eigenvalue weighted by atomic mass is 32.1. The molecule has 3 amide bonds. The minimum absolute atomic E-state index is 0.00722. The zero-order valence-corrected chi connectivity index (χ0v) is 19.2. The van der Waals surface area contributed by atoms with Crippen LogP contribution in [0.5, 0.6) is 0 Å². The number of hydrogen-bond donors (Lipinski definition) is 3. The molecule has 32 heavy (non-hydrogen) atoms. The molecule has 2 rings (SSSR count). The summed E-state index contributed by atoms with van der Waals surface area (Å²) < 4.78 is 18.9. The largest absolute Gasteiger partial charge is 0.447 e. The van der Waals surface area contributed by atoms with Crippen LogP contribution in [0.4, 0.5) is 4.79 Å². The van der Waals surface area contributed by atoms with Crippen LogP contribution in [0.2, 0.25) is 0 Å². The van der Waals surface area contributed by atoms with Crippen LogP contribution >= 0.6 is 11.5 Å². The maximum absolute atomic E-state index is 12.8. The van der Waals surface area contributed by atoms with E-state index in [-0.39, 0.29) is 32.1 Å². The molecule has 1 aliphatic rings. The van der Waals surface area contributed by atoms with Crippen molar-refractivity contribution < 1.29 is 33.4 Å². The second-order valence-corrected chi connectivity index (χ2v) is 8.24. The average Bonchev–Trinajstić information content (AvgIpc) is 3.22. The Balaban J connectivity index is 1.93. The van der Waals surface area contributed by atoms with Gasteiger partial charge < -0.3 is 30.2 Å². The molecule has 0 saturated heterocycles. The van der Waals surface area contributed by atoms with Crippen LogP contribution in [0.3, 0.4) is 0 Å². The van der Waals surface area contributed by atoms with Gasteiger partial charge in [0, 0.05) is 7.11 Å². The van der Waals surface area contributed by atoms with E-state index < -0.39 is 35.8 Å². The average molecular weight is 472 g/mol. The van der Waals surface area contributed by atoms with Gasteiger partial charge in [-0.15, -0.1) is 5.10 Å². The number of aryl methyl sites for hydroxylation is 1. The van der Waals surface area contributed by atoms with Crippen LogP contribution in [0.1, 0.15) is 30.8 Å². The SMILES string of the molecule is COCCOCCOC(=O)NC(C(=O)NC1CCc2nnsc2CNC(=O)C1=O)C(C)C. The normalized spacial score (nSPS) is 17.4. The minimum atomic E-state index is -1.05. The van der Waals surface area contributed by atoms with E-state index in [1.54, 1.807) is 21.0 Å². The van der Waals surface area contributed by atoms with E-state index in [9.17, 15) is 19.2 Å². The first kappa shape index (κ1) is 25.6. The van der Waals surface area contributed by atoms with Crippen molar-refractivity contribution in [1.29, 1.82) is 0 Å². The Labute approximate surface area is 189 Å². The van der Waals surface area contributed by atoms with Crippen LogP contribution in [0.15, 0.2) is 0 Å². The predicted octanol–water partition coefficient (Wildman–Crippen LogP) is -0.432. The molecular formula is C19H29N5O7S. The molecular weight excluding hydrogens is 442 g/mol. The van der Waals surface area contributed by atoms with Gasteiger partial charge in [0.05, 0.1) is 43.0 Å². The predicted molar refractivity (Wildman–Crippen MR) is 113 cm³/mol. The summed E-state index contributed by atoms with van der Waals surface area (Å²) >= 11 is 1.15. The van der Waals surface area contributed by atoms with E-state index >= 15 is 0 Å². The molecule has 1 aliphatic heterocycles. The van der Waals surface area contributed by atoms with E-state index in [4.69, 9.17) is 14.2 Å². The fourth-order valence-corrected chi connectivity index (χ4v) is 3.53. The molecule has 2 unspecified atom stereocenters. The molecule has 1 aromatic rings. The van der Waals surface area contributed by atoms with Crippen molar-refractivity contribution in [3.05, 3.63) is 10.6 Å². The lowest BCUT2D eigenvalue weighted by atomic mass is 10.0. The number of hydrogen-bond acceptors (Lipinski definition) is 10. The molecule has 3 N–H and O–H groups in total. The fourth-order valence-electron chi connectivity index (χ4n) is 2.91. The Morgan fingerprint density at radius 2 is 1.97 bits per heavy atom. The summed E-state index contributed by atoms with van der Waals surface area (Å²) in [4.78, 5) is 50.4.